The van der Waals surface area contributed by atoms with Crippen molar-refractivity contribution in [2.75, 3.05) is 11.9 Å². The Labute approximate surface area is 151 Å². The molecule has 1 amide bonds. The molecule has 0 unspecified atom stereocenters. The fourth-order valence-electron chi connectivity index (χ4n) is 2.10. The average molecular weight is 362 g/mol. The molecule has 0 radical (unpaired) electrons. The van der Waals surface area contributed by atoms with E-state index in [2.05, 4.69) is 5.32 Å². The largest absolute Gasteiger partial charge is 0.479 e. The number of benzene rings is 2. The fourth-order valence-corrected chi connectivity index (χ4v) is 2.38. The first-order chi connectivity index (χ1) is 12.0. The van der Waals surface area contributed by atoms with Gasteiger partial charge in [0.2, 0.25) is 0 Å². The van der Waals surface area contributed by atoms with Gasteiger partial charge in [-0.1, -0.05) is 42.8 Å². The number of amides is 1. The van der Waals surface area contributed by atoms with E-state index in [1.807, 2.05) is 31.2 Å². The number of hydrogen-bond donors (Lipinski definition) is 1. The lowest BCUT2D eigenvalue weighted by Gasteiger charge is -2.16. The van der Waals surface area contributed by atoms with Crippen molar-refractivity contribution >= 4 is 29.2 Å². The monoisotopic (exact) mass is 361 g/mol. The summed E-state index contributed by atoms with van der Waals surface area (Å²) in [6, 6.07) is 14.2. The second-order valence-corrected chi connectivity index (χ2v) is 5.87. The molecule has 6 heteroatoms. The molecule has 0 aliphatic rings. The van der Waals surface area contributed by atoms with Crippen molar-refractivity contribution in [3.8, 4) is 5.75 Å². The Bertz CT molecular complexity index is 733. The molecule has 1 atom stereocenters. The highest BCUT2D eigenvalue weighted by molar-refractivity contribution is 6.33. The van der Waals surface area contributed by atoms with E-state index in [1.54, 1.807) is 31.2 Å². The number of halogens is 1. The molecule has 0 saturated carbocycles. The SMILES string of the molecule is CC[C@H](Oc1ccccc1)C(=O)OCC(=O)Nc1ccc(C)cc1Cl. The predicted molar refractivity (Wildman–Crippen MR) is 96.9 cm³/mol. The third-order valence-corrected chi connectivity index (χ3v) is 3.71. The highest BCUT2D eigenvalue weighted by Crippen LogP contribution is 2.22. The van der Waals surface area contributed by atoms with Gasteiger partial charge in [0.25, 0.3) is 5.91 Å². The van der Waals surface area contributed by atoms with Crippen LogP contribution in [0, 0.1) is 6.92 Å². The van der Waals surface area contributed by atoms with E-state index in [-0.39, 0.29) is 0 Å². The standard InChI is InChI=1S/C19H20ClNO4/c1-3-17(25-14-7-5-4-6-8-14)19(23)24-12-18(22)21-16-10-9-13(2)11-15(16)20/h4-11,17H,3,12H2,1-2H3,(H,21,22)/t17-/m0/s1. The Balaban J connectivity index is 1.86. The summed E-state index contributed by atoms with van der Waals surface area (Å²) in [5.74, 6) is -0.479. The third-order valence-electron chi connectivity index (χ3n) is 3.40. The molecule has 132 valence electrons. The van der Waals surface area contributed by atoms with Crippen LogP contribution in [0.1, 0.15) is 18.9 Å². The molecule has 0 aliphatic heterocycles. The molecular weight excluding hydrogens is 342 g/mol. The zero-order chi connectivity index (χ0) is 18.2. The first kappa shape index (κ1) is 18.8. The van der Waals surface area contributed by atoms with E-state index in [1.165, 1.54) is 0 Å². The molecule has 0 aromatic heterocycles. The average Bonchev–Trinajstić information content (AvgIpc) is 2.61. The van der Waals surface area contributed by atoms with Gasteiger partial charge >= 0.3 is 5.97 Å². The number of nitrogens with one attached hydrogen (secondary N) is 1. The van der Waals surface area contributed by atoms with Crippen LogP contribution in [0.2, 0.25) is 5.02 Å². The molecule has 2 rings (SSSR count). The van der Waals surface area contributed by atoms with Gasteiger partial charge in [-0.15, -0.1) is 0 Å². The summed E-state index contributed by atoms with van der Waals surface area (Å²) < 4.78 is 10.6. The number of rotatable bonds is 7. The van der Waals surface area contributed by atoms with Gasteiger partial charge < -0.3 is 14.8 Å². The maximum absolute atomic E-state index is 12.1. The molecule has 0 bridgehead atoms. The van der Waals surface area contributed by atoms with Gasteiger partial charge in [-0.2, -0.15) is 0 Å². The van der Waals surface area contributed by atoms with Crippen LogP contribution in [0.15, 0.2) is 48.5 Å². The van der Waals surface area contributed by atoms with Crippen molar-refractivity contribution in [3.05, 3.63) is 59.1 Å². The van der Waals surface area contributed by atoms with Crippen LogP contribution >= 0.6 is 11.6 Å². The van der Waals surface area contributed by atoms with Crippen molar-refractivity contribution < 1.29 is 19.1 Å². The van der Waals surface area contributed by atoms with Crippen LogP contribution in [0.5, 0.6) is 5.75 Å². The van der Waals surface area contributed by atoms with Gasteiger partial charge in [0, 0.05) is 0 Å². The van der Waals surface area contributed by atoms with Gasteiger partial charge in [0.15, 0.2) is 12.7 Å². The first-order valence-corrected chi connectivity index (χ1v) is 8.31. The number of para-hydroxylation sites is 1. The predicted octanol–water partition coefficient (Wildman–Crippen LogP) is 3.99. The molecule has 0 heterocycles. The number of carbonyl (C=O) groups is 2. The molecule has 2 aromatic carbocycles. The minimum atomic E-state index is -0.766. The van der Waals surface area contributed by atoms with Crippen molar-refractivity contribution in [3.63, 3.8) is 0 Å². The van der Waals surface area contributed by atoms with Gasteiger partial charge in [-0.05, 0) is 43.2 Å². The molecular formula is C19H20ClNO4. The van der Waals surface area contributed by atoms with Crippen LogP contribution < -0.4 is 10.1 Å². The van der Waals surface area contributed by atoms with E-state index in [0.717, 1.165) is 5.56 Å². The minimum absolute atomic E-state index is 0.405. The summed E-state index contributed by atoms with van der Waals surface area (Å²) in [5, 5.41) is 3.04. The van der Waals surface area contributed by atoms with E-state index in [9.17, 15) is 9.59 Å². The molecule has 0 fully saturated rings. The Morgan fingerprint density at radius 3 is 2.52 bits per heavy atom. The number of hydrogen-bond acceptors (Lipinski definition) is 4. The van der Waals surface area contributed by atoms with Crippen LogP contribution in [-0.2, 0) is 14.3 Å². The smallest absolute Gasteiger partial charge is 0.347 e. The second-order valence-electron chi connectivity index (χ2n) is 5.47. The zero-order valence-electron chi connectivity index (χ0n) is 14.1. The summed E-state index contributed by atoms with van der Waals surface area (Å²) in [5.41, 5.74) is 1.46. The minimum Gasteiger partial charge on any atom is -0.479 e. The van der Waals surface area contributed by atoms with Crippen molar-refractivity contribution in [1.82, 2.24) is 0 Å². The van der Waals surface area contributed by atoms with Crippen molar-refractivity contribution in [2.45, 2.75) is 26.4 Å². The summed E-state index contributed by atoms with van der Waals surface area (Å²) in [6.07, 6.45) is -0.336. The van der Waals surface area contributed by atoms with E-state index in [0.29, 0.717) is 22.9 Å². The lowest BCUT2D eigenvalue weighted by atomic mass is 10.2. The normalized spacial score (nSPS) is 11.5. The summed E-state index contributed by atoms with van der Waals surface area (Å²) in [4.78, 5) is 24.0. The quantitative estimate of drug-likeness (QED) is 0.757. The van der Waals surface area contributed by atoms with Crippen molar-refractivity contribution in [2.24, 2.45) is 0 Å². The number of esters is 1. The number of anilines is 1. The summed E-state index contributed by atoms with van der Waals surface area (Å²) in [7, 11) is 0. The third kappa shape index (κ3) is 5.80. The molecule has 5 nitrogen and oxygen atoms in total. The lowest BCUT2D eigenvalue weighted by Crippen LogP contribution is -2.31. The van der Waals surface area contributed by atoms with Crippen molar-refractivity contribution in [1.29, 1.82) is 0 Å². The molecule has 25 heavy (non-hydrogen) atoms. The Hall–Kier alpha value is -2.53. The number of aryl methyl sites for hydroxylation is 1. The zero-order valence-corrected chi connectivity index (χ0v) is 14.9. The van der Waals surface area contributed by atoms with Gasteiger partial charge in [-0.25, -0.2) is 4.79 Å². The Morgan fingerprint density at radius 1 is 1.16 bits per heavy atom. The summed E-state index contributed by atoms with van der Waals surface area (Å²) >= 11 is 6.06. The van der Waals surface area contributed by atoms with E-state index >= 15 is 0 Å². The topological polar surface area (TPSA) is 64.6 Å². The highest BCUT2D eigenvalue weighted by Gasteiger charge is 2.21. The first-order valence-electron chi connectivity index (χ1n) is 7.94. The van der Waals surface area contributed by atoms with Crippen LogP contribution in [-0.4, -0.2) is 24.6 Å². The van der Waals surface area contributed by atoms with Gasteiger partial charge in [0.1, 0.15) is 5.75 Å². The molecule has 0 spiro atoms. The molecule has 0 aliphatic carbocycles. The van der Waals surface area contributed by atoms with Crippen LogP contribution in [0.25, 0.3) is 0 Å². The molecule has 0 saturated heterocycles. The highest BCUT2D eigenvalue weighted by atomic mass is 35.5. The number of ether oxygens (including phenoxy) is 2. The lowest BCUT2D eigenvalue weighted by molar-refractivity contribution is -0.154. The van der Waals surface area contributed by atoms with Gasteiger partial charge in [0.05, 0.1) is 10.7 Å². The molecule has 1 N–H and O–H groups in total. The Kier molecular flexibility index (Phi) is 6.83. The Morgan fingerprint density at radius 2 is 1.88 bits per heavy atom. The fraction of sp³-hybridized carbons (Fsp3) is 0.263. The molecule has 2 aromatic rings. The second kappa shape index (κ2) is 9.08. The van der Waals surface area contributed by atoms with Crippen LogP contribution in [0.4, 0.5) is 5.69 Å². The summed E-state index contributed by atoms with van der Waals surface area (Å²) in [6.45, 7) is 3.30. The maximum Gasteiger partial charge on any atom is 0.347 e. The maximum atomic E-state index is 12.1. The number of carbonyl (C=O) groups excluding carboxylic acids is 2. The van der Waals surface area contributed by atoms with E-state index in [4.69, 9.17) is 21.1 Å². The van der Waals surface area contributed by atoms with Crippen LogP contribution in [0.3, 0.4) is 0 Å². The van der Waals surface area contributed by atoms with Gasteiger partial charge in [-0.3, -0.25) is 4.79 Å². The van der Waals surface area contributed by atoms with E-state index < -0.39 is 24.6 Å².